The summed E-state index contributed by atoms with van der Waals surface area (Å²) in [7, 11) is 1.56. The summed E-state index contributed by atoms with van der Waals surface area (Å²) in [4.78, 5) is 11.3. The maximum absolute atomic E-state index is 13.2. The van der Waals surface area contributed by atoms with Crippen LogP contribution in [-0.2, 0) is 7.05 Å². The molecule has 0 saturated heterocycles. The average molecular weight is 240 g/mol. The molecule has 1 heterocycles. The number of halogens is 2. The van der Waals surface area contributed by atoms with Gasteiger partial charge in [-0.2, -0.15) is 0 Å². The van der Waals surface area contributed by atoms with Crippen LogP contribution in [0.3, 0.4) is 0 Å². The Morgan fingerprint density at radius 2 is 2.25 bits per heavy atom. The predicted octanol–water partition coefficient (Wildman–Crippen LogP) is 3.09. The highest BCUT2D eigenvalue weighted by molar-refractivity contribution is 6.32. The molecule has 0 amide bonds. The fourth-order valence-corrected chi connectivity index (χ4v) is 1.49. The van der Waals surface area contributed by atoms with Crippen LogP contribution in [0.15, 0.2) is 48.2 Å². The van der Waals surface area contributed by atoms with Crippen molar-refractivity contribution in [1.82, 2.24) is 4.57 Å². The summed E-state index contributed by atoms with van der Waals surface area (Å²) < 4.78 is 14.5. The fourth-order valence-electron chi connectivity index (χ4n) is 1.25. The van der Waals surface area contributed by atoms with Crippen molar-refractivity contribution in [1.29, 1.82) is 0 Å². The molecule has 1 aromatic heterocycles. The quantitative estimate of drug-likeness (QED) is 0.743. The minimum Gasteiger partial charge on any atom is -0.318 e. The van der Waals surface area contributed by atoms with Crippen molar-refractivity contribution < 1.29 is 4.39 Å². The highest BCUT2D eigenvalue weighted by Gasteiger charge is 2.10. The van der Waals surface area contributed by atoms with Gasteiger partial charge in [0.2, 0.25) is 0 Å². The first-order chi connectivity index (χ1) is 7.47. The topological polar surface area (TPSA) is 22.0 Å². The van der Waals surface area contributed by atoms with E-state index in [0.717, 1.165) is 0 Å². The summed E-state index contributed by atoms with van der Waals surface area (Å²) >= 11 is 5.88. The van der Waals surface area contributed by atoms with Gasteiger partial charge in [-0.15, -0.1) is 0 Å². The van der Waals surface area contributed by atoms with Crippen molar-refractivity contribution in [2.24, 2.45) is 7.05 Å². The molecule has 16 heavy (non-hydrogen) atoms. The van der Waals surface area contributed by atoms with Gasteiger partial charge in [0.05, 0.1) is 5.02 Å². The summed E-state index contributed by atoms with van der Waals surface area (Å²) in [5, 5.41) is 0.190. The lowest BCUT2D eigenvalue weighted by Gasteiger charge is -2.08. The van der Waals surface area contributed by atoms with Crippen LogP contribution < -0.4 is 5.56 Å². The van der Waals surface area contributed by atoms with Crippen molar-refractivity contribution >= 4 is 17.2 Å². The zero-order valence-corrected chi connectivity index (χ0v) is 9.59. The molecule has 0 unspecified atom stereocenters. The molecule has 0 radical (unpaired) electrons. The molecule has 0 bridgehead atoms. The van der Waals surface area contributed by atoms with Crippen molar-refractivity contribution in [3.8, 4) is 0 Å². The molecule has 84 valence electrons. The van der Waals surface area contributed by atoms with Crippen LogP contribution >= 0.6 is 11.6 Å². The highest BCUT2D eigenvalue weighted by atomic mass is 35.5. The van der Waals surface area contributed by atoms with E-state index in [1.165, 1.54) is 29.0 Å². The molecule has 0 aliphatic heterocycles. The summed E-state index contributed by atoms with van der Waals surface area (Å²) in [6.45, 7) is 6.70. The lowest BCUT2D eigenvalue weighted by atomic mass is 10.1. The van der Waals surface area contributed by atoms with Gasteiger partial charge in [0, 0.05) is 30.4 Å². The van der Waals surface area contributed by atoms with E-state index in [4.69, 9.17) is 11.6 Å². The first-order valence-corrected chi connectivity index (χ1v) is 4.89. The molecule has 0 N–H and O–H groups in total. The zero-order chi connectivity index (χ0) is 12.3. The monoisotopic (exact) mass is 239 g/mol. The Balaban J connectivity index is 3.48. The molecule has 0 atom stereocenters. The van der Waals surface area contributed by atoms with Gasteiger partial charge in [0.25, 0.3) is 5.56 Å². The van der Waals surface area contributed by atoms with Crippen LogP contribution in [0.25, 0.3) is 5.57 Å². The van der Waals surface area contributed by atoms with Gasteiger partial charge >= 0.3 is 0 Å². The number of hydrogen-bond donors (Lipinski definition) is 0. The van der Waals surface area contributed by atoms with E-state index in [-0.39, 0.29) is 16.2 Å². The van der Waals surface area contributed by atoms with Gasteiger partial charge < -0.3 is 4.57 Å². The van der Waals surface area contributed by atoms with Gasteiger partial charge in [-0.3, -0.25) is 4.79 Å². The van der Waals surface area contributed by atoms with Crippen molar-refractivity contribution in [3.05, 3.63) is 64.3 Å². The van der Waals surface area contributed by atoms with Gasteiger partial charge in [-0.1, -0.05) is 36.9 Å². The molecule has 2 nitrogen and oxygen atoms in total. The fraction of sp³-hybridized carbons (Fsp3) is 0.0833. The Labute approximate surface area is 98.0 Å². The van der Waals surface area contributed by atoms with Crippen molar-refractivity contribution in [2.45, 2.75) is 0 Å². The number of pyridine rings is 1. The van der Waals surface area contributed by atoms with E-state index in [0.29, 0.717) is 5.56 Å². The average Bonchev–Trinajstić information content (AvgIpc) is 2.20. The number of allylic oxidation sites excluding steroid dienone is 4. The molecule has 0 aromatic carbocycles. The second-order valence-corrected chi connectivity index (χ2v) is 3.61. The van der Waals surface area contributed by atoms with E-state index in [9.17, 15) is 9.18 Å². The third-order valence-electron chi connectivity index (χ3n) is 2.04. The number of aryl methyl sites for hydroxylation is 1. The Morgan fingerprint density at radius 3 is 2.75 bits per heavy atom. The molecule has 0 spiro atoms. The third-order valence-corrected chi connectivity index (χ3v) is 2.36. The van der Waals surface area contributed by atoms with Crippen molar-refractivity contribution in [3.63, 3.8) is 0 Å². The molecular formula is C12H11ClFNO. The van der Waals surface area contributed by atoms with Crippen molar-refractivity contribution in [2.75, 3.05) is 0 Å². The minimum absolute atomic E-state index is 0.190. The van der Waals surface area contributed by atoms with Crippen LogP contribution in [0.4, 0.5) is 4.39 Å². The summed E-state index contributed by atoms with van der Waals surface area (Å²) in [6.07, 6.45) is 4.35. The first kappa shape index (κ1) is 12.5. The second kappa shape index (κ2) is 4.94. The van der Waals surface area contributed by atoms with Gasteiger partial charge in [0.1, 0.15) is 5.83 Å². The van der Waals surface area contributed by atoms with E-state index in [2.05, 4.69) is 13.2 Å². The standard InChI is InChI=1S/C12H11ClFNO/c1-4-5-9(8(2)14)10-7-15(3)12(16)6-11(10)13/h4-7H,1-2H2,3H3/b9-5+. The summed E-state index contributed by atoms with van der Waals surface area (Å²) in [5.41, 5.74) is 0.378. The molecule has 0 fully saturated rings. The van der Waals surface area contributed by atoms with E-state index >= 15 is 0 Å². The van der Waals surface area contributed by atoms with E-state index in [1.807, 2.05) is 0 Å². The molecule has 0 aliphatic rings. The van der Waals surface area contributed by atoms with E-state index < -0.39 is 5.83 Å². The molecule has 1 aromatic rings. The van der Waals surface area contributed by atoms with Crippen LogP contribution in [-0.4, -0.2) is 4.57 Å². The first-order valence-electron chi connectivity index (χ1n) is 4.51. The van der Waals surface area contributed by atoms with Crippen LogP contribution in [0.2, 0.25) is 5.02 Å². The SMILES string of the molecule is C=C/C=C(\C(=C)F)c1cn(C)c(=O)cc1Cl. The number of rotatable bonds is 3. The number of nitrogens with zero attached hydrogens (tertiary/aromatic N) is 1. The molecule has 0 aliphatic carbocycles. The van der Waals surface area contributed by atoms with Crippen LogP contribution in [0.1, 0.15) is 5.56 Å². The largest absolute Gasteiger partial charge is 0.318 e. The zero-order valence-electron chi connectivity index (χ0n) is 8.84. The second-order valence-electron chi connectivity index (χ2n) is 3.21. The Kier molecular flexibility index (Phi) is 3.85. The minimum atomic E-state index is -0.625. The van der Waals surface area contributed by atoms with Crippen LogP contribution in [0, 0.1) is 0 Å². The summed E-state index contributed by atoms with van der Waals surface area (Å²) in [5.74, 6) is -0.625. The number of hydrogen-bond acceptors (Lipinski definition) is 1. The molecule has 1 rings (SSSR count). The summed E-state index contributed by atoms with van der Waals surface area (Å²) in [6, 6.07) is 1.23. The number of aromatic nitrogens is 1. The Bertz CT molecular complexity index is 528. The maximum atomic E-state index is 13.2. The lowest BCUT2D eigenvalue weighted by Crippen LogP contribution is -2.15. The van der Waals surface area contributed by atoms with Crippen LogP contribution in [0.5, 0.6) is 0 Å². The molecule has 0 saturated carbocycles. The van der Waals surface area contributed by atoms with E-state index in [1.54, 1.807) is 7.05 Å². The smallest absolute Gasteiger partial charge is 0.251 e. The van der Waals surface area contributed by atoms with Gasteiger partial charge in [-0.05, 0) is 0 Å². The Hall–Kier alpha value is -1.61. The molecular weight excluding hydrogens is 229 g/mol. The maximum Gasteiger partial charge on any atom is 0.251 e. The molecule has 4 heteroatoms. The predicted molar refractivity (Wildman–Crippen MR) is 65.1 cm³/mol. The lowest BCUT2D eigenvalue weighted by molar-refractivity contribution is 0.677. The third kappa shape index (κ3) is 2.49. The normalized spacial score (nSPS) is 11.3. The highest BCUT2D eigenvalue weighted by Crippen LogP contribution is 2.27. The Morgan fingerprint density at radius 1 is 1.62 bits per heavy atom. The van der Waals surface area contributed by atoms with Gasteiger partial charge in [0.15, 0.2) is 0 Å². The van der Waals surface area contributed by atoms with Gasteiger partial charge in [-0.25, -0.2) is 4.39 Å².